The molecule has 0 amide bonds. The molecule has 3 rings (SSSR count). The lowest BCUT2D eigenvalue weighted by atomic mass is 9.96. The third kappa shape index (κ3) is 2.04. The highest BCUT2D eigenvalue weighted by Crippen LogP contribution is 2.31. The predicted molar refractivity (Wildman–Crippen MR) is 76.2 cm³/mol. The summed E-state index contributed by atoms with van der Waals surface area (Å²) in [5, 5.41) is 12.8. The molecule has 0 radical (unpaired) electrons. The molecule has 0 aliphatic rings. The second-order valence-electron chi connectivity index (χ2n) is 4.84. The van der Waals surface area contributed by atoms with Gasteiger partial charge in [0.2, 0.25) is 0 Å². The fourth-order valence-electron chi connectivity index (χ4n) is 2.58. The zero-order chi connectivity index (χ0) is 13.4. The Bertz CT molecular complexity index is 720. The van der Waals surface area contributed by atoms with Gasteiger partial charge in [-0.1, -0.05) is 42.5 Å². The normalized spacial score (nSPS) is 12.8. The summed E-state index contributed by atoms with van der Waals surface area (Å²) in [5.41, 5.74) is 1.76. The lowest BCUT2D eigenvalue weighted by Crippen LogP contribution is -2.00. The molecule has 1 atom stereocenters. The Morgan fingerprint density at radius 3 is 2.42 bits per heavy atom. The Balaban J connectivity index is 2.16. The number of benzene rings is 2. The number of rotatable bonds is 2. The monoisotopic (exact) mass is 252 g/mol. The van der Waals surface area contributed by atoms with E-state index < -0.39 is 6.10 Å². The molecule has 3 aromatic rings. The van der Waals surface area contributed by atoms with Crippen LogP contribution in [0.5, 0.6) is 0 Å². The third-order valence-corrected chi connectivity index (χ3v) is 3.49. The third-order valence-electron chi connectivity index (χ3n) is 3.49. The van der Waals surface area contributed by atoms with Gasteiger partial charge in [-0.2, -0.15) is 0 Å². The van der Waals surface area contributed by atoms with Crippen molar-refractivity contribution in [2.45, 2.75) is 20.0 Å². The van der Waals surface area contributed by atoms with Crippen LogP contribution >= 0.6 is 0 Å². The summed E-state index contributed by atoms with van der Waals surface area (Å²) in [5.74, 6) is 1.60. The van der Waals surface area contributed by atoms with Crippen molar-refractivity contribution in [3.8, 4) is 0 Å². The van der Waals surface area contributed by atoms with Crippen molar-refractivity contribution in [2.24, 2.45) is 0 Å². The quantitative estimate of drug-likeness (QED) is 0.744. The SMILES string of the molecule is Cc1cc(C(O)c2cccc3ccccc23)c(C)o1. The van der Waals surface area contributed by atoms with E-state index in [0.717, 1.165) is 33.4 Å². The largest absolute Gasteiger partial charge is 0.466 e. The number of aryl methyl sites for hydroxylation is 2. The summed E-state index contributed by atoms with van der Waals surface area (Å²) in [6.07, 6.45) is -0.649. The molecular weight excluding hydrogens is 236 g/mol. The van der Waals surface area contributed by atoms with Gasteiger partial charge in [-0.15, -0.1) is 0 Å². The van der Waals surface area contributed by atoms with E-state index in [9.17, 15) is 5.11 Å². The van der Waals surface area contributed by atoms with Crippen LogP contribution < -0.4 is 0 Å². The van der Waals surface area contributed by atoms with Crippen LogP contribution in [0.1, 0.15) is 28.8 Å². The summed E-state index contributed by atoms with van der Waals surface area (Å²) in [7, 11) is 0. The Labute approximate surface area is 112 Å². The molecule has 1 heterocycles. The van der Waals surface area contributed by atoms with E-state index in [2.05, 4.69) is 12.1 Å². The smallest absolute Gasteiger partial charge is 0.108 e. The van der Waals surface area contributed by atoms with Crippen LogP contribution in [-0.2, 0) is 0 Å². The summed E-state index contributed by atoms with van der Waals surface area (Å²) in [4.78, 5) is 0. The molecule has 1 unspecified atom stereocenters. The van der Waals surface area contributed by atoms with Crippen LogP contribution in [0.4, 0.5) is 0 Å². The molecule has 0 aliphatic carbocycles. The summed E-state index contributed by atoms with van der Waals surface area (Å²) in [6, 6.07) is 16.0. The van der Waals surface area contributed by atoms with E-state index in [-0.39, 0.29) is 0 Å². The van der Waals surface area contributed by atoms with Gasteiger partial charge in [0, 0.05) is 5.56 Å². The lowest BCUT2D eigenvalue weighted by molar-refractivity contribution is 0.219. The number of hydrogen-bond donors (Lipinski definition) is 1. The Hall–Kier alpha value is -2.06. The Kier molecular flexibility index (Phi) is 2.88. The first-order chi connectivity index (χ1) is 9.16. The Morgan fingerprint density at radius 2 is 1.68 bits per heavy atom. The van der Waals surface area contributed by atoms with E-state index in [0.29, 0.717) is 0 Å². The Morgan fingerprint density at radius 1 is 0.947 bits per heavy atom. The van der Waals surface area contributed by atoms with Gasteiger partial charge < -0.3 is 9.52 Å². The average molecular weight is 252 g/mol. The molecule has 2 aromatic carbocycles. The van der Waals surface area contributed by atoms with E-state index in [1.807, 2.05) is 50.2 Å². The fraction of sp³-hybridized carbons (Fsp3) is 0.176. The minimum Gasteiger partial charge on any atom is -0.466 e. The highest BCUT2D eigenvalue weighted by molar-refractivity contribution is 5.86. The topological polar surface area (TPSA) is 33.4 Å². The van der Waals surface area contributed by atoms with Crippen molar-refractivity contribution in [3.05, 3.63) is 71.2 Å². The molecule has 0 saturated carbocycles. The van der Waals surface area contributed by atoms with Crippen molar-refractivity contribution >= 4 is 10.8 Å². The maximum absolute atomic E-state index is 10.6. The molecule has 0 aliphatic heterocycles. The van der Waals surface area contributed by atoms with Crippen LogP contribution in [0.3, 0.4) is 0 Å². The van der Waals surface area contributed by atoms with Crippen molar-refractivity contribution in [2.75, 3.05) is 0 Å². The summed E-state index contributed by atoms with van der Waals surface area (Å²) in [6.45, 7) is 3.78. The molecule has 0 fully saturated rings. The van der Waals surface area contributed by atoms with Crippen LogP contribution in [0, 0.1) is 13.8 Å². The van der Waals surface area contributed by atoms with Crippen molar-refractivity contribution in [1.29, 1.82) is 0 Å². The van der Waals surface area contributed by atoms with E-state index in [4.69, 9.17) is 4.42 Å². The minimum atomic E-state index is -0.649. The zero-order valence-electron chi connectivity index (χ0n) is 11.1. The molecule has 2 nitrogen and oxygen atoms in total. The summed E-state index contributed by atoms with van der Waals surface area (Å²) >= 11 is 0. The minimum absolute atomic E-state index is 0.649. The van der Waals surface area contributed by atoms with Crippen LogP contribution in [0.25, 0.3) is 10.8 Å². The molecule has 19 heavy (non-hydrogen) atoms. The predicted octanol–water partition coefficient (Wildman–Crippen LogP) is 4.13. The van der Waals surface area contributed by atoms with Crippen LogP contribution in [0.2, 0.25) is 0 Å². The highest BCUT2D eigenvalue weighted by Gasteiger charge is 2.18. The van der Waals surface area contributed by atoms with Gasteiger partial charge in [0.25, 0.3) is 0 Å². The molecule has 0 saturated heterocycles. The van der Waals surface area contributed by atoms with Gasteiger partial charge in [-0.3, -0.25) is 0 Å². The van der Waals surface area contributed by atoms with Crippen LogP contribution in [0.15, 0.2) is 52.9 Å². The van der Waals surface area contributed by atoms with Gasteiger partial charge >= 0.3 is 0 Å². The van der Waals surface area contributed by atoms with E-state index in [1.165, 1.54) is 0 Å². The number of hydrogen-bond acceptors (Lipinski definition) is 2. The average Bonchev–Trinajstić information content (AvgIpc) is 2.76. The fourth-order valence-corrected chi connectivity index (χ4v) is 2.58. The standard InChI is InChI=1S/C17H16O2/c1-11-10-16(12(2)19-11)17(18)15-9-5-7-13-6-3-4-8-14(13)15/h3-10,17-18H,1-2H3. The first kappa shape index (κ1) is 12.0. The molecule has 2 heteroatoms. The first-order valence-corrected chi connectivity index (χ1v) is 6.39. The summed E-state index contributed by atoms with van der Waals surface area (Å²) < 4.78 is 5.51. The van der Waals surface area contributed by atoms with Crippen molar-refractivity contribution < 1.29 is 9.52 Å². The molecular formula is C17H16O2. The second-order valence-corrected chi connectivity index (χ2v) is 4.84. The molecule has 0 spiro atoms. The molecule has 96 valence electrons. The van der Waals surface area contributed by atoms with Crippen molar-refractivity contribution in [1.82, 2.24) is 0 Å². The molecule has 1 N–H and O–H groups in total. The van der Waals surface area contributed by atoms with Crippen molar-refractivity contribution in [3.63, 3.8) is 0 Å². The van der Waals surface area contributed by atoms with Gasteiger partial charge in [-0.25, -0.2) is 0 Å². The second kappa shape index (κ2) is 4.56. The number of fused-ring (bicyclic) bond motifs is 1. The van der Waals surface area contributed by atoms with Gasteiger partial charge in [0.1, 0.15) is 17.6 Å². The maximum Gasteiger partial charge on any atom is 0.108 e. The first-order valence-electron chi connectivity index (χ1n) is 6.39. The zero-order valence-corrected chi connectivity index (χ0v) is 11.1. The van der Waals surface area contributed by atoms with Gasteiger partial charge in [0.05, 0.1) is 0 Å². The number of aliphatic hydroxyl groups excluding tert-OH is 1. The van der Waals surface area contributed by atoms with E-state index >= 15 is 0 Å². The van der Waals surface area contributed by atoms with Gasteiger partial charge in [0.15, 0.2) is 0 Å². The molecule has 1 aromatic heterocycles. The molecule has 0 bridgehead atoms. The van der Waals surface area contributed by atoms with E-state index in [1.54, 1.807) is 0 Å². The van der Waals surface area contributed by atoms with Gasteiger partial charge in [-0.05, 0) is 36.2 Å². The highest BCUT2D eigenvalue weighted by atomic mass is 16.3. The lowest BCUT2D eigenvalue weighted by Gasteiger charge is -2.13. The maximum atomic E-state index is 10.6. The van der Waals surface area contributed by atoms with Crippen LogP contribution in [-0.4, -0.2) is 5.11 Å². The number of aliphatic hydroxyl groups is 1. The number of furan rings is 1.